The van der Waals surface area contributed by atoms with E-state index in [9.17, 15) is 14.9 Å². The molecule has 0 radical (unpaired) electrons. The number of hydrogen-bond donors (Lipinski definition) is 2. The lowest BCUT2D eigenvalue weighted by Gasteiger charge is -2.34. The molecule has 3 N–H and O–H groups in total. The summed E-state index contributed by atoms with van der Waals surface area (Å²) >= 11 is 0. The summed E-state index contributed by atoms with van der Waals surface area (Å²) in [6.07, 6.45) is 4.14. The molecule has 0 spiro atoms. The fourth-order valence-electron chi connectivity index (χ4n) is 2.28. The summed E-state index contributed by atoms with van der Waals surface area (Å²) in [4.78, 5) is 26.6. The van der Waals surface area contributed by atoms with Gasteiger partial charge in [0.05, 0.1) is 11.1 Å². The molecule has 2 rings (SSSR count). The van der Waals surface area contributed by atoms with Gasteiger partial charge in [-0.15, -0.1) is 12.4 Å². The first-order valence-corrected chi connectivity index (χ1v) is 5.97. The van der Waals surface area contributed by atoms with Crippen molar-refractivity contribution in [2.75, 3.05) is 13.1 Å². The molecular weight excluding hydrogens is 272 g/mol. The van der Waals surface area contributed by atoms with Crippen LogP contribution >= 0.6 is 12.4 Å². The number of nitrogens with two attached hydrogens (primary N) is 1. The van der Waals surface area contributed by atoms with Gasteiger partial charge in [0.15, 0.2) is 0 Å². The second kappa shape index (κ2) is 6.53. The maximum Gasteiger partial charge on any atom is 0.287 e. The minimum absolute atomic E-state index is 0. The van der Waals surface area contributed by atoms with Crippen molar-refractivity contribution in [3.8, 4) is 0 Å². The molecule has 1 saturated heterocycles. The van der Waals surface area contributed by atoms with Crippen LogP contribution in [-0.4, -0.2) is 39.8 Å². The van der Waals surface area contributed by atoms with Gasteiger partial charge in [-0.2, -0.15) is 0 Å². The largest absolute Gasteiger partial charge is 0.351 e. The summed E-state index contributed by atoms with van der Waals surface area (Å²) in [5, 5.41) is 10.6. The van der Waals surface area contributed by atoms with Crippen LogP contribution in [0.15, 0.2) is 12.3 Å². The van der Waals surface area contributed by atoms with E-state index < -0.39 is 4.92 Å². The van der Waals surface area contributed by atoms with Crippen molar-refractivity contribution < 1.29 is 9.72 Å². The number of likely N-dealkylation sites (tertiary alicyclic amines) is 1. The van der Waals surface area contributed by atoms with Crippen LogP contribution in [-0.2, 0) is 0 Å². The number of nitrogens with one attached hydrogen (secondary N) is 1. The number of rotatable bonds is 3. The number of aromatic amines is 1. The van der Waals surface area contributed by atoms with Gasteiger partial charge < -0.3 is 15.6 Å². The average Bonchev–Trinajstić information content (AvgIpc) is 2.87. The number of piperidine rings is 1. The number of hydrogen-bond acceptors (Lipinski definition) is 4. The van der Waals surface area contributed by atoms with E-state index in [1.807, 2.05) is 0 Å². The lowest BCUT2D eigenvalue weighted by Crippen LogP contribution is -2.47. The van der Waals surface area contributed by atoms with Crippen LogP contribution in [0.4, 0.5) is 5.69 Å². The lowest BCUT2D eigenvalue weighted by atomic mass is 10.0. The zero-order chi connectivity index (χ0) is 13.1. The van der Waals surface area contributed by atoms with Gasteiger partial charge >= 0.3 is 0 Å². The van der Waals surface area contributed by atoms with Gasteiger partial charge in [0.1, 0.15) is 5.69 Å². The number of nitrogens with zero attached hydrogens (tertiary/aromatic N) is 2. The molecule has 1 aliphatic rings. The van der Waals surface area contributed by atoms with Gasteiger partial charge in [-0.1, -0.05) is 0 Å². The van der Waals surface area contributed by atoms with Gasteiger partial charge in [-0.3, -0.25) is 14.9 Å². The molecule has 0 aliphatic carbocycles. The molecule has 0 aromatic carbocycles. The van der Waals surface area contributed by atoms with Crippen LogP contribution in [0.3, 0.4) is 0 Å². The fourth-order valence-corrected chi connectivity index (χ4v) is 2.28. The molecule has 7 nitrogen and oxygen atoms in total. The SMILES string of the molecule is Cl.NCC1CCCCN1C(=O)c1cc([N+](=O)[O-])c[nH]1. The minimum Gasteiger partial charge on any atom is -0.351 e. The van der Waals surface area contributed by atoms with Crippen LogP contribution in [0.5, 0.6) is 0 Å². The molecule has 1 aliphatic heterocycles. The van der Waals surface area contributed by atoms with Gasteiger partial charge in [0.2, 0.25) is 0 Å². The number of halogens is 1. The van der Waals surface area contributed by atoms with Crippen molar-refractivity contribution in [2.24, 2.45) is 5.73 Å². The molecule has 8 heteroatoms. The zero-order valence-corrected chi connectivity index (χ0v) is 11.2. The Bertz CT molecular complexity index is 463. The van der Waals surface area contributed by atoms with E-state index >= 15 is 0 Å². The van der Waals surface area contributed by atoms with Crippen molar-refractivity contribution in [1.82, 2.24) is 9.88 Å². The average molecular weight is 289 g/mol. The first kappa shape index (κ1) is 15.5. The van der Waals surface area contributed by atoms with Crippen LogP contribution in [0.2, 0.25) is 0 Å². The smallest absolute Gasteiger partial charge is 0.287 e. The summed E-state index contributed by atoms with van der Waals surface area (Å²) in [5.74, 6) is -0.210. The standard InChI is InChI=1S/C11H16N4O3.ClH/c12-6-8-3-1-2-4-14(8)11(16)10-5-9(7-13-10)15(17)18;/h5,7-8,13H,1-4,6,12H2;1H. The van der Waals surface area contributed by atoms with Gasteiger partial charge in [0.25, 0.3) is 11.6 Å². The first-order chi connectivity index (χ1) is 8.63. The minimum atomic E-state index is -0.524. The van der Waals surface area contributed by atoms with E-state index in [0.717, 1.165) is 19.3 Å². The van der Waals surface area contributed by atoms with Crippen molar-refractivity contribution in [3.63, 3.8) is 0 Å². The second-order valence-electron chi connectivity index (χ2n) is 4.41. The first-order valence-electron chi connectivity index (χ1n) is 5.97. The monoisotopic (exact) mass is 288 g/mol. The zero-order valence-electron chi connectivity index (χ0n) is 10.4. The van der Waals surface area contributed by atoms with Crippen molar-refractivity contribution >= 4 is 24.0 Å². The topological polar surface area (TPSA) is 105 Å². The molecule has 1 aromatic rings. The number of H-pyrrole nitrogens is 1. The number of carbonyl (C=O) groups is 1. The summed E-state index contributed by atoms with van der Waals surface area (Å²) in [6, 6.07) is 1.30. The van der Waals surface area contributed by atoms with Crippen LogP contribution in [0, 0.1) is 10.1 Å². The molecular formula is C11H17ClN4O3. The Kier molecular flexibility index (Phi) is 5.31. The maximum atomic E-state index is 12.2. The van der Waals surface area contributed by atoms with E-state index in [1.165, 1.54) is 12.3 Å². The third kappa shape index (κ3) is 3.24. The van der Waals surface area contributed by atoms with Crippen molar-refractivity contribution in [1.29, 1.82) is 0 Å². The Labute approximate surface area is 116 Å². The van der Waals surface area contributed by atoms with Gasteiger partial charge in [-0.25, -0.2) is 0 Å². The number of nitro groups is 1. The highest BCUT2D eigenvalue weighted by Gasteiger charge is 2.28. The third-order valence-electron chi connectivity index (χ3n) is 3.27. The third-order valence-corrected chi connectivity index (χ3v) is 3.27. The Morgan fingerprint density at radius 2 is 2.32 bits per heavy atom. The van der Waals surface area contributed by atoms with Crippen LogP contribution < -0.4 is 5.73 Å². The predicted octanol–water partition coefficient (Wildman–Crippen LogP) is 1.30. The van der Waals surface area contributed by atoms with Crippen LogP contribution in [0.1, 0.15) is 29.8 Å². The quantitative estimate of drug-likeness (QED) is 0.646. The molecule has 0 saturated carbocycles. The molecule has 1 aromatic heterocycles. The van der Waals surface area contributed by atoms with Crippen LogP contribution in [0.25, 0.3) is 0 Å². The predicted molar refractivity (Wildman–Crippen MR) is 72.4 cm³/mol. The van der Waals surface area contributed by atoms with E-state index in [4.69, 9.17) is 5.73 Å². The molecule has 1 unspecified atom stereocenters. The highest BCUT2D eigenvalue weighted by molar-refractivity contribution is 5.93. The lowest BCUT2D eigenvalue weighted by molar-refractivity contribution is -0.384. The molecule has 1 amide bonds. The van der Waals surface area contributed by atoms with Gasteiger partial charge in [-0.05, 0) is 19.3 Å². The normalized spacial score (nSPS) is 18.8. The molecule has 0 bridgehead atoms. The maximum absolute atomic E-state index is 12.2. The van der Waals surface area contributed by atoms with Gasteiger partial charge in [0, 0.05) is 25.2 Å². The summed E-state index contributed by atoms with van der Waals surface area (Å²) < 4.78 is 0. The van der Waals surface area contributed by atoms with E-state index in [2.05, 4.69) is 4.98 Å². The highest BCUT2D eigenvalue weighted by Crippen LogP contribution is 2.20. The fraction of sp³-hybridized carbons (Fsp3) is 0.545. The second-order valence-corrected chi connectivity index (χ2v) is 4.41. The summed E-state index contributed by atoms with van der Waals surface area (Å²) in [7, 11) is 0. The van der Waals surface area contributed by atoms with E-state index in [-0.39, 0.29) is 35.7 Å². The summed E-state index contributed by atoms with van der Waals surface area (Å²) in [6.45, 7) is 1.09. The number of aromatic nitrogens is 1. The molecule has 106 valence electrons. The molecule has 19 heavy (non-hydrogen) atoms. The Hall–Kier alpha value is -1.60. The summed E-state index contributed by atoms with van der Waals surface area (Å²) in [5.41, 5.74) is 5.80. The molecule has 1 atom stereocenters. The number of amides is 1. The van der Waals surface area contributed by atoms with Crippen molar-refractivity contribution in [3.05, 3.63) is 28.1 Å². The Morgan fingerprint density at radius 3 is 2.89 bits per heavy atom. The number of carbonyl (C=O) groups excluding carboxylic acids is 1. The Morgan fingerprint density at radius 1 is 1.58 bits per heavy atom. The van der Waals surface area contributed by atoms with E-state index in [1.54, 1.807) is 4.90 Å². The van der Waals surface area contributed by atoms with Crippen molar-refractivity contribution in [2.45, 2.75) is 25.3 Å². The molecule has 1 fully saturated rings. The van der Waals surface area contributed by atoms with E-state index in [0.29, 0.717) is 13.1 Å². The highest BCUT2D eigenvalue weighted by atomic mass is 35.5. The molecule has 2 heterocycles. The Balaban J connectivity index is 0.00000180.